The number of alkyl carbamates (subject to hydrolysis) is 2. The van der Waals surface area contributed by atoms with Gasteiger partial charge in [-0.05, 0) is 90.8 Å². The molecule has 2 aromatic heterocycles. The molecule has 6 atom stereocenters. The van der Waals surface area contributed by atoms with Crippen molar-refractivity contribution in [3.8, 4) is 28.1 Å². The van der Waals surface area contributed by atoms with Crippen LogP contribution in [-0.4, -0.2) is 112 Å². The minimum Gasteiger partial charge on any atom is -0.488 e. The molecular formula is C46H53FN8O8. The molecule has 1 unspecified atom stereocenters. The van der Waals surface area contributed by atoms with Crippen molar-refractivity contribution in [3.63, 3.8) is 0 Å². The summed E-state index contributed by atoms with van der Waals surface area (Å²) in [5.41, 5.74) is 6.18. The Morgan fingerprint density at radius 1 is 0.889 bits per heavy atom. The van der Waals surface area contributed by atoms with E-state index in [9.17, 15) is 19.2 Å². The molecule has 4 amide bonds. The number of hydrogen-bond donors (Lipinski definition) is 4. The number of H-pyrrole nitrogens is 2. The van der Waals surface area contributed by atoms with Crippen LogP contribution in [0.2, 0.25) is 0 Å². The first kappa shape index (κ1) is 42.1. The van der Waals surface area contributed by atoms with Crippen LogP contribution in [0.25, 0.3) is 44.2 Å². The van der Waals surface area contributed by atoms with Crippen LogP contribution in [0.5, 0.6) is 5.75 Å². The molecule has 63 heavy (non-hydrogen) atoms. The summed E-state index contributed by atoms with van der Waals surface area (Å²) in [5, 5.41) is 7.38. The number of benzene rings is 3. The Kier molecular flexibility index (Phi) is 11.5. The van der Waals surface area contributed by atoms with Crippen LogP contribution in [0.1, 0.15) is 82.2 Å². The van der Waals surface area contributed by atoms with Gasteiger partial charge in [0, 0.05) is 36.6 Å². The molecule has 0 spiro atoms. The van der Waals surface area contributed by atoms with Gasteiger partial charge in [0.05, 0.1) is 55.8 Å². The Labute approximate surface area is 363 Å². The first-order valence-corrected chi connectivity index (χ1v) is 21.7. The monoisotopic (exact) mass is 864 g/mol. The van der Waals surface area contributed by atoms with Gasteiger partial charge in [-0.15, -0.1) is 0 Å². The van der Waals surface area contributed by atoms with Crippen molar-refractivity contribution in [2.24, 2.45) is 11.8 Å². The predicted molar refractivity (Wildman–Crippen MR) is 230 cm³/mol. The van der Waals surface area contributed by atoms with Crippen molar-refractivity contribution in [2.75, 3.05) is 34.0 Å². The van der Waals surface area contributed by atoms with Crippen LogP contribution >= 0.6 is 0 Å². The molecular weight excluding hydrogens is 812 g/mol. The van der Waals surface area contributed by atoms with Gasteiger partial charge in [-0.25, -0.2) is 23.9 Å². The van der Waals surface area contributed by atoms with Gasteiger partial charge < -0.3 is 49.3 Å². The van der Waals surface area contributed by atoms with Gasteiger partial charge in [0.1, 0.15) is 42.3 Å². The van der Waals surface area contributed by atoms with Crippen LogP contribution in [0.15, 0.2) is 48.7 Å². The molecule has 4 N–H and O–H groups in total. The highest BCUT2D eigenvalue weighted by atomic mass is 19.1. The molecule has 0 aliphatic carbocycles. The molecule has 5 aromatic rings. The Hall–Kier alpha value is -6.23. The molecule has 0 saturated carbocycles. The number of ether oxygens (including phenoxy) is 4. The molecule has 6 heterocycles. The quantitative estimate of drug-likeness (QED) is 0.122. The topological polar surface area (TPSA) is 193 Å². The number of nitrogens with one attached hydrogen (secondary N) is 4. The van der Waals surface area contributed by atoms with Crippen LogP contribution in [0, 0.1) is 11.8 Å². The molecule has 4 aliphatic rings. The summed E-state index contributed by atoms with van der Waals surface area (Å²) in [7, 11) is 2.54. The number of amides is 4. The average molecular weight is 865 g/mol. The maximum Gasteiger partial charge on any atom is 0.407 e. The van der Waals surface area contributed by atoms with E-state index in [1.165, 1.54) is 19.1 Å². The minimum atomic E-state index is -1.25. The summed E-state index contributed by atoms with van der Waals surface area (Å²) in [6.45, 7) is 7.00. The van der Waals surface area contributed by atoms with Crippen molar-refractivity contribution in [1.29, 1.82) is 0 Å². The highest BCUT2D eigenvalue weighted by Crippen LogP contribution is 2.44. The molecule has 3 aromatic carbocycles. The van der Waals surface area contributed by atoms with E-state index in [0.717, 1.165) is 62.7 Å². The van der Waals surface area contributed by atoms with Crippen molar-refractivity contribution in [1.82, 2.24) is 40.4 Å². The molecule has 0 bridgehead atoms. The van der Waals surface area contributed by atoms with Crippen molar-refractivity contribution in [3.05, 3.63) is 65.9 Å². The number of imidazole rings is 2. The second-order valence-corrected chi connectivity index (χ2v) is 17.4. The zero-order valence-corrected chi connectivity index (χ0v) is 36.0. The minimum absolute atomic E-state index is 0.0413. The Balaban J connectivity index is 0.959. The predicted octanol–water partition coefficient (Wildman–Crippen LogP) is 6.86. The summed E-state index contributed by atoms with van der Waals surface area (Å²) >= 11 is 0. The fourth-order valence-corrected chi connectivity index (χ4v) is 9.86. The molecule has 3 saturated heterocycles. The third kappa shape index (κ3) is 7.91. The number of nitrogens with zero attached hydrogens (tertiary/aromatic N) is 4. The van der Waals surface area contributed by atoms with E-state index in [2.05, 4.69) is 43.8 Å². The molecule has 332 valence electrons. The third-order valence-corrected chi connectivity index (χ3v) is 13.2. The van der Waals surface area contributed by atoms with E-state index >= 15 is 4.39 Å². The van der Waals surface area contributed by atoms with Crippen molar-refractivity contribution >= 4 is 45.8 Å². The maximum absolute atomic E-state index is 15.1. The molecule has 17 heteroatoms. The molecule has 3 fully saturated rings. The number of fused-ring (bicyclic) bond motifs is 6. The molecule has 9 rings (SSSR count). The van der Waals surface area contributed by atoms with E-state index in [1.54, 1.807) is 6.20 Å². The Bertz CT molecular complexity index is 2570. The zero-order valence-electron chi connectivity index (χ0n) is 36.0. The summed E-state index contributed by atoms with van der Waals surface area (Å²) < 4.78 is 36.7. The molecule has 4 aliphatic heterocycles. The number of carbonyl (C=O) groups excluding carboxylic acids is 4. The standard InChI is InChI=1S/C46H53FN8O8/c1-23(2)38(52-45(58)60-4)44(57)55-24(3)6-11-35(55)42-49-33-10-8-26-17-32-30-9-7-27(16-28(30)22-63-37(32)19-31(26)40(33)51-42)34-20-48-41(50-34)36-18-29(47)21-54(36)43(56)39(53-46(59)61-5)25-12-14-62-15-13-25/h7-10,16-17,19-20,23-25,29,35-36,38-39H,6,11-15,18,21-22H2,1-5H3,(H,48,50)(H,49,51)(H,52,58)(H,53,59)/t24-,29-,35-,36-,38-,39?/m0/s1. The van der Waals surface area contributed by atoms with Crippen LogP contribution in [0.3, 0.4) is 0 Å². The Morgan fingerprint density at radius 3 is 2.43 bits per heavy atom. The zero-order chi connectivity index (χ0) is 44.1. The summed E-state index contributed by atoms with van der Waals surface area (Å²) in [6, 6.07) is 11.7. The van der Waals surface area contributed by atoms with Gasteiger partial charge in [-0.1, -0.05) is 32.0 Å². The van der Waals surface area contributed by atoms with Crippen LogP contribution in [-0.2, 0) is 30.4 Å². The number of aromatic nitrogens is 4. The SMILES string of the molecule is COC(=O)NC(C(=O)N1C[C@@H](F)C[C@H]1c1ncc(-c2ccc3c(c2)COc2cc4c(ccc5nc([C@@H]6CC[C@H](C)N6C(=O)[C@@H](NC(=O)OC)C(C)C)[nH]c54)cc2-3)[nH]1)C1CCOCC1. The normalized spacial score (nSPS) is 22.1. The van der Waals surface area contributed by atoms with Gasteiger partial charge in [-0.3, -0.25) is 9.59 Å². The number of halogens is 1. The lowest BCUT2D eigenvalue weighted by Crippen LogP contribution is -2.53. The smallest absolute Gasteiger partial charge is 0.407 e. The van der Waals surface area contributed by atoms with Gasteiger partial charge >= 0.3 is 12.2 Å². The van der Waals surface area contributed by atoms with E-state index in [1.807, 2.05) is 49.9 Å². The van der Waals surface area contributed by atoms with Gasteiger partial charge in [0.25, 0.3) is 0 Å². The summed E-state index contributed by atoms with van der Waals surface area (Å²) in [5.74, 6) is 1.05. The highest BCUT2D eigenvalue weighted by molar-refractivity contribution is 6.07. The lowest BCUT2D eigenvalue weighted by molar-refractivity contribution is -0.138. The first-order chi connectivity index (χ1) is 30.4. The fraction of sp³-hybridized carbons (Fsp3) is 0.478. The fourth-order valence-electron chi connectivity index (χ4n) is 9.86. The summed E-state index contributed by atoms with van der Waals surface area (Å²) in [6.07, 6.45) is 1.88. The van der Waals surface area contributed by atoms with Gasteiger partial charge in [0.15, 0.2) is 0 Å². The van der Waals surface area contributed by atoms with Gasteiger partial charge in [-0.2, -0.15) is 0 Å². The molecule has 0 radical (unpaired) electrons. The number of methoxy groups -OCH3 is 2. The van der Waals surface area contributed by atoms with Crippen LogP contribution < -0.4 is 15.4 Å². The van der Waals surface area contributed by atoms with E-state index < -0.39 is 36.5 Å². The van der Waals surface area contributed by atoms with E-state index in [0.29, 0.717) is 50.0 Å². The lowest BCUT2D eigenvalue weighted by atomic mass is 9.90. The number of likely N-dealkylation sites (tertiary alicyclic amines) is 2. The van der Waals surface area contributed by atoms with E-state index in [-0.39, 0.29) is 48.7 Å². The van der Waals surface area contributed by atoms with Gasteiger partial charge in [0.2, 0.25) is 11.8 Å². The average Bonchev–Trinajstić information content (AvgIpc) is 4.12. The number of alkyl halides is 1. The van der Waals surface area contributed by atoms with E-state index in [4.69, 9.17) is 23.9 Å². The number of aromatic amines is 2. The second kappa shape index (κ2) is 17.1. The molecule has 16 nitrogen and oxygen atoms in total. The largest absolute Gasteiger partial charge is 0.488 e. The number of carbonyl (C=O) groups is 4. The maximum atomic E-state index is 15.1. The van der Waals surface area contributed by atoms with Crippen molar-refractivity contribution in [2.45, 2.75) is 95.9 Å². The summed E-state index contributed by atoms with van der Waals surface area (Å²) in [4.78, 5) is 72.4. The lowest BCUT2D eigenvalue weighted by Gasteiger charge is -2.34. The first-order valence-electron chi connectivity index (χ1n) is 21.7. The second-order valence-electron chi connectivity index (χ2n) is 17.4. The van der Waals surface area contributed by atoms with Crippen molar-refractivity contribution < 1.29 is 42.5 Å². The van der Waals surface area contributed by atoms with Crippen LogP contribution in [0.4, 0.5) is 14.0 Å². The third-order valence-electron chi connectivity index (χ3n) is 13.2. The number of hydrogen-bond acceptors (Lipinski definition) is 10. The number of rotatable bonds is 9. The Morgan fingerprint density at radius 2 is 1.67 bits per heavy atom. The highest BCUT2D eigenvalue weighted by Gasteiger charge is 2.44.